The number of Topliss-reactive ketones (excluding diaryl/α,β-unsaturated/α-hetero) is 1. The molecule has 0 spiro atoms. The van der Waals surface area contributed by atoms with E-state index in [9.17, 15) is 9.59 Å². The van der Waals surface area contributed by atoms with Crippen molar-refractivity contribution in [1.82, 2.24) is 5.43 Å². The summed E-state index contributed by atoms with van der Waals surface area (Å²) < 4.78 is 6.32. The Balaban J connectivity index is 1.87. The van der Waals surface area contributed by atoms with E-state index in [1.165, 1.54) is 5.56 Å². The second kappa shape index (κ2) is 7.92. The van der Waals surface area contributed by atoms with Gasteiger partial charge in [-0.05, 0) is 51.9 Å². The molecule has 0 heterocycles. The number of hydrogen-bond donors (Lipinski definition) is 1. The van der Waals surface area contributed by atoms with Gasteiger partial charge in [0.05, 0.1) is 4.47 Å². The summed E-state index contributed by atoms with van der Waals surface area (Å²) in [4.78, 5) is 23.6. The molecule has 130 valence electrons. The van der Waals surface area contributed by atoms with E-state index in [1.54, 1.807) is 0 Å². The van der Waals surface area contributed by atoms with Crippen LogP contribution in [0.1, 0.15) is 45.6 Å². The van der Waals surface area contributed by atoms with Gasteiger partial charge in [0, 0.05) is 18.6 Å². The van der Waals surface area contributed by atoms with Crippen molar-refractivity contribution in [3.63, 3.8) is 0 Å². The lowest BCUT2D eigenvalue weighted by atomic mass is 9.76. The Morgan fingerprint density at radius 1 is 1.38 bits per heavy atom. The maximum atomic E-state index is 11.9. The van der Waals surface area contributed by atoms with Crippen molar-refractivity contribution in [3.8, 4) is 5.75 Å². The third kappa shape index (κ3) is 5.44. The van der Waals surface area contributed by atoms with Crippen LogP contribution in [-0.4, -0.2) is 24.0 Å². The molecule has 6 heteroatoms. The van der Waals surface area contributed by atoms with Crippen LogP contribution in [0.15, 0.2) is 27.8 Å². The molecule has 5 nitrogen and oxygen atoms in total. The van der Waals surface area contributed by atoms with E-state index in [0.717, 1.165) is 16.6 Å². The van der Waals surface area contributed by atoms with Gasteiger partial charge in [-0.3, -0.25) is 9.59 Å². The first-order valence-corrected chi connectivity index (χ1v) is 8.85. The summed E-state index contributed by atoms with van der Waals surface area (Å²) >= 11 is 3.44. The lowest BCUT2D eigenvalue weighted by Crippen LogP contribution is -2.32. The smallest absolute Gasteiger partial charge is 0.277 e. The Morgan fingerprint density at radius 3 is 2.75 bits per heavy atom. The molecule has 1 saturated carbocycles. The van der Waals surface area contributed by atoms with E-state index in [-0.39, 0.29) is 23.7 Å². The number of amides is 1. The molecule has 0 saturated heterocycles. The molecule has 1 aromatic carbocycles. The zero-order valence-corrected chi connectivity index (χ0v) is 15.9. The van der Waals surface area contributed by atoms with Crippen LogP contribution in [0.5, 0.6) is 5.75 Å². The number of hydrogen-bond acceptors (Lipinski definition) is 4. The zero-order chi connectivity index (χ0) is 17.7. The molecule has 1 aromatic rings. The Labute approximate surface area is 151 Å². The van der Waals surface area contributed by atoms with Gasteiger partial charge in [-0.15, -0.1) is 0 Å². The lowest BCUT2D eigenvalue weighted by molar-refractivity contribution is -0.123. The molecule has 1 amide bonds. The van der Waals surface area contributed by atoms with Gasteiger partial charge < -0.3 is 4.74 Å². The summed E-state index contributed by atoms with van der Waals surface area (Å²) in [7, 11) is 0. The quantitative estimate of drug-likeness (QED) is 0.774. The number of ether oxygens (including phenoxy) is 1. The van der Waals surface area contributed by atoms with Crippen LogP contribution in [-0.2, 0) is 16.0 Å². The molecule has 0 radical (unpaired) electrons. The number of nitrogens with zero attached hydrogens (tertiary/aromatic N) is 1. The summed E-state index contributed by atoms with van der Waals surface area (Å²) in [6, 6.07) is 5.78. The average molecular weight is 395 g/mol. The van der Waals surface area contributed by atoms with Gasteiger partial charge in [-0.25, -0.2) is 5.43 Å². The van der Waals surface area contributed by atoms with Crippen molar-refractivity contribution in [1.29, 1.82) is 0 Å². The van der Waals surface area contributed by atoms with Crippen molar-refractivity contribution in [2.75, 3.05) is 6.61 Å². The number of carbonyl (C=O) groups excluding carboxylic acids is 2. The number of aryl methyl sites for hydroxylation is 1. The van der Waals surface area contributed by atoms with Crippen molar-refractivity contribution in [2.24, 2.45) is 10.5 Å². The first kappa shape index (κ1) is 18.6. The van der Waals surface area contributed by atoms with Gasteiger partial charge in [-0.1, -0.05) is 26.8 Å². The first-order chi connectivity index (χ1) is 11.3. The molecule has 24 heavy (non-hydrogen) atoms. The van der Waals surface area contributed by atoms with Crippen LogP contribution in [0.2, 0.25) is 0 Å². The van der Waals surface area contributed by atoms with Crippen molar-refractivity contribution >= 4 is 33.3 Å². The summed E-state index contributed by atoms with van der Waals surface area (Å²) in [5.74, 6) is 0.434. The minimum atomic E-state index is -0.343. The van der Waals surface area contributed by atoms with E-state index in [1.807, 2.05) is 32.0 Å². The highest BCUT2D eigenvalue weighted by Crippen LogP contribution is 2.31. The van der Waals surface area contributed by atoms with E-state index in [4.69, 9.17) is 4.74 Å². The molecule has 1 aliphatic rings. The minimum Gasteiger partial charge on any atom is -0.483 e. The molecule has 0 atom stereocenters. The summed E-state index contributed by atoms with van der Waals surface area (Å²) in [6.45, 7) is 6.01. The van der Waals surface area contributed by atoms with Gasteiger partial charge in [-0.2, -0.15) is 5.10 Å². The molecule has 1 N–H and O–H groups in total. The second-order valence-corrected chi connectivity index (χ2v) is 7.71. The third-order valence-electron chi connectivity index (χ3n) is 3.86. The van der Waals surface area contributed by atoms with Crippen molar-refractivity contribution in [2.45, 2.75) is 46.5 Å². The van der Waals surface area contributed by atoms with Crippen LogP contribution in [0.3, 0.4) is 0 Å². The van der Waals surface area contributed by atoms with Gasteiger partial charge in [0.1, 0.15) is 11.5 Å². The lowest BCUT2D eigenvalue weighted by Gasteiger charge is -2.28. The van der Waals surface area contributed by atoms with E-state index < -0.39 is 0 Å². The number of carbonyl (C=O) groups is 2. The number of ketones is 1. The number of benzene rings is 1. The number of hydrazone groups is 1. The molecule has 1 fully saturated rings. The fourth-order valence-corrected chi connectivity index (χ4v) is 3.32. The van der Waals surface area contributed by atoms with Gasteiger partial charge in [0.15, 0.2) is 6.61 Å². The van der Waals surface area contributed by atoms with E-state index in [2.05, 4.69) is 33.4 Å². The normalized spacial score (nSPS) is 18.5. The second-order valence-electron chi connectivity index (χ2n) is 6.85. The highest BCUT2D eigenvalue weighted by molar-refractivity contribution is 9.10. The SMILES string of the molecule is CCc1ccc(OCC(=O)N/N=C2\CC(=O)CC(C)(C)C2)c(Br)c1. The maximum absolute atomic E-state index is 11.9. The standard InChI is InChI=1S/C18H23BrN2O3/c1-4-12-5-6-16(15(19)7-12)24-11-17(23)21-20-13-8-14(22)10-18(2,3)9-13/h5-7H,4,8-11H2,1-3H3,(H,21,23)/b20-13+. The Morgan fingerprint density at radius 2 is 2.12 bits per heavy atom. The third-order valence-corrected chi connectivity index (χ3v) is 4.48. The number of halogens is 1. The average Bonchev–Trinajstić information content (AvgIpc) is 2.49. The zero-order valence-electron chi connectivity index (χ0n) is 14.3. The molecule has 0 unspecified atom stereocenters. The van der Waals surface area contributed by atoms with E-state index in [0.29, 0.717) is 25.0 Å². The van der Waals surface area contributed by atoms with Gasteiger partial charge in [0.25, 0.3) is 5.91 Å². The molecule has 2 rings (SSSR count). The number of nitrogens with one attached hydrogen (secondary N) is 1. The van der Waals surface area contributed by atoms with Crippen molar-refractivity contribution < 1.29 is 14.3 Å². The summed E-state index contributed by atoms with van der Waals surface area (Å²) in [5.41, 5.74) is 4.29. The predicted molar refractivity (Wildman–Crippen MR) is 97.2 cm³/mol. The minimum absolute atomic E-state index is 0.0960. The van der Waals surface area contributed by atoms with Crippen LogP contribution >= 0.6 is 15.9 Å². The molecule has 1 aliphatic carbocycles. The highest BCUT2D eigenvalue weighted by atomic mass is 79.9. The fourth-order valence-electron chi connectivity index (χ4n) is 2.78. The molecule has 0 aromatic heterocycles. The Bertz CT molecular complexity index is 668. The van der Waals surface area contributed by atoms with Crippen LogP contribution < -0.4 is 10.2 Å². The number of rotatable bonds is 5. The Kier molecular flexibility index (Phi) is 6.15. The van der Waals surface area contributed by atoms with Gasteiger partial charge >= 0.3 is 0 Å². The van der Waals surface area contributed by atoms with Gasteiger partial charge in [0.2, 0.25) is 0 Å². The monoisotopic (exact) mass is 394 g/mol. The molecule has 0 bridgehead atoms. The van der Waals surface area contributed by atoms with Crippen LogP contribution in [0.4, 0.5) is 0 Å². The molecular weight excluding hydrogens is 372 g/mol. The largest absolute Gasteiger partial charge is 0.483 e. The summed E-state index contributed by atoms with van der Waals surface area (Å²) in [6.07, 6.45) is 2.52. The first-order valence-electron chi connectivity index (χ1n) is 8.06. The van der Waals surface area contributed by atoms with Crippen LogP contribution in [0, 0.1) is 5.41 Å². The topological polar surface area (TPSA) is 67.8 Å². The van der Waals surface area contributed by atoms with E-state index >= 15 is 0 Å². The molecule has 0 aliphatic heterocycles. The predicted octanol–water partition coefficient (Wildman–Crippen LogP) is 3.64. The Hall–Kier alpha value is -1.69. The molecular formula is C18H23BrN2O3. The fraction of sp³-hybridized carbons (Fsp3) is 0.500. The van der Waals surface area contributed by atoms with Crippen molar-refractivity contribution in [3.05, 3.63) is 28.2 Å². The highest BCUT2D eigenvalue weighted by Gasteiger charge is 2.30. The van der Waals surface area contributed by atoms with Crippen LogP contribution in [0.25, 0.3) is 0 Å². The summed E-state index contributed by atoms with van der Waals surface area (Å²) in [5, 5.41) is 4.10. The maximum Gasteiger partial charge on any atom is 0.277 e.